The van der Waals surface area contributed by atoms with Crippen LogP contribution in [-0.4, -0.2) is 11.9 Å². The lowest BCUT2D eigenvalue weighted by molar-refractivity contribution is 0.0943. The molecule has 3 aliphatic rings. The molecule has 0 heterocycles. The van der Waals surface area contributed by atoms with Crippen LogP contribution in [0.3, 0.4) is 0 Å². The number of rotatable bonds is 2. The van der Waals surface area contributed by atoms with E-state index in [2.05, 4.69) is 27.9 Å². The number of fused-ring (bicyclic) bond motifs is 5. The molecule has 0 saturated heterocycles. The van der Waals surface area contributed by atoms with E-state index in [-0.39, 0.29) is 5.91 Å². The zero-order valence-electron chi connectivity index (χ0n) is 10.1. The van der Waals surface area contributed by atoms with Crippen LogP contribution in [0.5, 0.6) is 0 Å². The molecular weight excluding hydrogens is 337 g/mol. The highest BCUT2D eigenvalue weighted by molar-refractivity contribution is 14.1. The average molecular weight is 353 g/mol. The van der Waals surface area contributed by atoms with Crippen LogP contribution in [0.4, 0.5) is 0 Å². The number of carbonyl (C=O) groups is 1. The Morgan fingerprint density at radius 1 is 1.17 bits per heavy atom. The van der Waals surface area contributed by atoms with Gasteiger partial charge in [0, 0.05) is 9.61 Å². The number of hydrogen-bond acceptors (Lipinski definition) is 1. The van der Waals surface area contributed by atoms with Crippen LogP contribution in [0, 0.1) is 27.2 Å². The van der Waals surface area contributed by atoms with Gasteiger partial charge in [-0.1, -0.05) is 12.1 Å². The molecule has 3 fully saturated rings. The first-order valence-electron chi connectivity index (χ1n) is 6.81. The van der Waals surface area contributed by atoms with Crippen LogP contribution < -0.4 is 5.32 Å². The van der Waals surface area contributed by atoms with Gasteiger partial charge < -0.3 is 5.32 Å². The van der Waals surface area contributed by atoms with E-state index in [4.69, 9.17) is 0 Å². The summed E-state index contributed by atoms with van der Waals surface area (Å²) < 4.78 is 1.04. The standard InChI is InChI=1S/C15H16INO/c16-11-4-2-1-3-10(11)15(18)17-14-12-8-5-6-9(7-8)13(12)14/h1-4,8-9,12-14H,5-7H2,(H,17,18). The summed E-state index contributed by atoms with van der Waals surface area (Å²) in [4.78, 5) is 12.3. The van der Waals surface area contributed by atoms with Gasteiger partial charge in [0.1, 0.15) is 0 Å². The van der Waals surface area contributed by atoms with E-state index in [0.29, 0.717) is 6.04 Å². The van der Waals surface area contributed by atoms with Crippen molar-refractivity contribution >= 4 is 28.5 Å². The Balaban J connectivity index is 1.48. The summed E-state index contributed by atoms with van der Waals surface area (Å²) in [7, 11) is 0. The molecule has 4 atom stereocenters. The topological polar surface area (TPSA) is 29.1 Å². The Hall–Kier alpha value is -0.580. The lowest BCUT2D eigenvalue weighted by Gasteiger charge is -2.11. The lowest BCUT2D eigenvalue weighted by atomic mass is 10.0. The van der Waals surface area contributed by atoms with E-state index in [0.717, 1.165) is 32.8 Å². The molecule has 4 rings (SSSR count). The van der Waals surface area contributed by atoms with Crippen molar-refractivity contribution in [3.05, 3.63) is 33.4 Å². The first kappa shape index (κ1) is 11.3. The van der Waals surface area contributed by atoms with Crippen LogP contribution >= 0.6 is 22.6 Å². The minimum Gasteiger partial charge on any atom is -0.349 e. The summed E-state index contributed by atoms with van der Waals surface area (Å²) in [5, 5.41) is 3.27. The fraction of sp³-hybridized carbons (Fsp3) is 0.533. The fourth-order valence-electron chi connectivity index (χ4n) is 4.39. The number of amides is 1. The molecule has 3 aliphatic carbocycles. The van der Waals surface area contributed by atoms with Gasteiger partial charge in [0.15, 0.2) is 0 Å². The van der Waals surface area contributed by atoms with Crippen molar-refractivity contribution in [2.24, 2.45) is 23.7 Å². The molecule has 1 aromatic carbocycles. The number of halogens is 1. The van der Waals surface area contributed by atoms with Gasteiger partial charge in [0.2, 0.25) is 0 Å². The summed E-state index contributed by atoms with van der Waals surface area (Å²) in [6.07, 6.45) is 4.24. The van der Waals surface area contributed by atoms with Crippen molar-refractivity contribution in [3.8, 4) is 0 Å². The van der Waals surface area contributed by atoms with Gasteiger partial charge in [0.05, 0.1) is 5.56 Å². The third-order valence-electron chi connectivity index (χ3n) is 5.15. The van der Waals surface area contributed by atoms with Crippen molar-refractivity contribution in [1.82, 2.24) is 5.32 Å². The molecule has 1 amide bonds. The van der Waals surface area contributed by atoms with Gasteiger partial charge >= 0.3 is 0 Å². The van der Waals surface area contributed by atoms with E-state index in [1.165, 1.54) is 19.3 Å². The Bertz CT molecular complexity index is 499. The quantitative estimate of drug-likeness (QED) is 0.814. The molecule has 3 heteroatoms. The molecular formula is C15H16INO. The number of benzene rings is 1. The summed E-state index contributed by atoms with van der Waals surface area (Å²) in [5.41, 5.74) is 0.829. The van der Waals surface area contributed by atoms with Crippen molar-refractivity contribution in [3.63, 3.8) is 0 Å². The van der Waals surface area contributed by atoms with E-state index in [1.807, 2.05) is 24.3 Å². The summed E-state index contributed by atoms with van der Waals surface area (Å²) in [5.74, 6) is 3.59. The molecule has 18 heavy (non-hydrogen) atoms. The molecule has 0 spiro atoms. The highest BCUT2D eigenvalue weighted by atomic mass is 127. The minimum atomic E-state index is 0.124. The smallest absolute Gasteiger partial charge is 0.252 e. The van der Waals surface area contributed by atoms with Crippen molar-refractivity contribution in [1.29, 1.82) is 0 Å². The molecule has 2 bridgehead atoms. The van der Waals surface area contributed by atoms with Gasteiger partial charge in [-0.3, -0.25) is 4.79 Å². The van der Waals surface area contributed by atoms with Gasteiger partial charge in [-0.15, -0.1) is 0 Å². The summed E-state index contributed by atoms with van der Waals surface area (Å²) >= 11 is 2.24. The molecule has 0 aliphatic heterocycles. The van der Waals surface area contributed by atoms with E-state index >= 15 is 0 Å². The second kappa shape index (κ2) is 3.95. The van der Waals surface area contributed by atoms with Crippen LogP contribution in [0.1, 0.15) is 29.6 Å². The van der Waals surface area contributed by atoms with Crippen LogP contribution in [0.25, 0.3) is 0 Å². The van der Waals surface area contributed by atoms with Crippen LogP contribution in [0.15, 0.2) is 24.3 Å². The molecule has 0 radical (unpaired) electrons. The first-order valence-corrected chi connectivity index (χ1v) is 7.89. The predicted molar refractivity (Wildman–Crippen MR) is 78.2 cm³/mol. The second-order valence-corrected chi connectivity index (χ2v) is 7.13. The maximum atomic E-state index is 12.3. The van der Waals surface area contributed by atoms with Crippen LogP contribution in [-0.2, 0) is 0 Å². The molecule has 3 saturated carbocycles. The van der Waals surface area contributed by atoms with E-state index < -0.39 is 0 Å². The second-order valence-electron chi connectivity index (χ2n) is 5.97. The van der Waals surface area contributed by atoms with Crippen molar-refractivity contribution in [2.45, 2.75) is 25.3 Å². The Labute approximate surface area is 121 Å². The third kappa shape index (κ3) is 1.55. The molecule has 1 N–H and O–H groups in total. The van der Waals surface area contributed by atoms with Crippen molar-refractivity contribution in [2.75, 3.05) is 0 Å². The highest BCUT2D eigenvalue weighted by Gasteiger charge is 2.65. The largest absolute Gasteiger partial charge is 0.349 e. The number of carbonyl (C=O) groups excluding carboxylic acids is 1. The zero-order valence-corrected chi connectivity index (χ0v) is 12.3. The predicted octanol–water partition coefficient (Wildman–Crippen LogP) is 3.07. The summed E-state index contributed by atoms with van der Waals surface area (Å²) in [6.45, 7) is 0. The van der Waals surface area contributed by atoms with Crippen molar-refractivity contribution < 1.29 is 4.79 Å². The number of nitrogens with one attached hydrogen (secondary N) is 1. The van der Waals surface area contributed by atoms with Gasteiger partial charge in [0.25, 0.3) is 5.91 Å². The molecule has 94 valence electrons. The molecule has 1 aromatic rings. The monoisotopic (exact) mass is 353 g/mol. The first-order chi connectivity index (χ1) is 8.75. The van der Waals surface area contributed by atoms with Gasteiger partial charge in [-0.05, 0) is 77.7 Å². The zero-order chi connectivity index (χ0) is 12.3. The van der Waals surface area contributed by atoms with E-state index in [9.17, 15) is 4.79 Å². The molecule has 2 nitrogen and oxygen atoms in total. The maximum Gasteiger partial charge on any atom is 0.252 e. The maximum absolute atomic E-state index is 12.3. The average Bonchev–Trinajstić information content (AvgIpc) is 2.77. The SMILES string of the molecule is O=C(NC1C2C3CCC(C3)C12)c1ccccc1I. The fourth-order valence-corrected chi connectivity index (χ4v) is 5.03. The van der Waals surface area contributed by atoms with Gasteiger partial charge in [-0.2, -0.15) is 0 Å². The Kier molecular flexibility index (Phi) is 2.47. The summed E-state index contributed by atoms with van der Waals surface area (Å²) in [6, 6.07) is 8.32. The lowest BCUT2D eigenvalue weighted by Crippen LogP contribution is -2.30. The molecule has 0 aromatic heterocycles. The third-order valence-corrected chi connectivity index (χ3v) is 6.09. The Morgan fingerprint density at radius 2 is 1.83 bits per heavy atom. The Morgan fingerprint density at radius 3 is 2.50 bits per heavy atom. The number of hydrogen-bond donors (Lipinski definition) is 1. The van der Waals surface area contributed by atoms with E-state index in [1.54, 1.807) is 0 Å². The normalized spacial score (nSPS) is 39.5. The molecule has 4 unspecified atom stereocenters. The minimum absolute atomic E-state index is 0.124. The van der Waals surface area contributed by atoms with Crippen LogP contribution in [0.2, 0.25) is 0 Å². The highest BCUT2D eigenvalue weighted by Crippen LogP contribution is 2.65. The van der Waals surface area contributed by atoms with Gasteiger partial charge in [-0.25, -0.2) is 0 Å².